The lowest BCUT2D eigenvalue weighted by Crippen LogP contribution is -2.42. The molecule has 5 heteroatoms. The maximum absolute atomic E-state index is 12.1. The number of aryl methyl sites for hydroxylation is 2. The molecule has 0 saturated carbocycles. The number of carbonyl (C=O) groups is 1. The van der Waals surface area contributed by atoms with Crippen LogP contribution in [-0.2, 0) is 24.2 Å². The third kappa shape index (κ3) is 3.30. The number of rotatable bonds is 5. The minimum Gasteiger partial charge on any atom is -0.491 e. The number of nitrogens with one attached hydrogen (secondary N) is 1. The predicted molar refractivity (Wildman–Crippen MR) is 83.8 cm³/mol. The summed E-state index contributed by atoms with van der Waals surface area (Å²) in [5.41, 5.74) is 1.15. The summed E-state index contributed by atoms with van der Waals surface area (Å²) in [7, 11) is 0. The van der Waals surface area contributed by atoms with E-state index >= 15 is 0 Å². The fraction of sp³-hybridized carbons (Fsp3) is 0.412. The zero-order chi connectivity index (χ0) is 15.4. The zero-order valence-corrected chi connectivity index (χ0v) is 12.8. The average Bonchev–Trinajstić information content (AvgIpc) is 3.00. The Morgan fingerprint density at radius 2 is 2.32 bits per heavy atom. The maximum atomic E-state index is 12.1. The number of benzene rings is 1. The first-order valence-corrected chi connectivity index (χ1v) is 7.76. The molecule has 1 amide bonds. The number of fused-ring (bicyclic) bond motifs is 1. The van der Waals surface area contributed by atoms with Crippen molar-refractivity contribution in [1.29, 1.82) is 0 Å². The Morgan fingerprint density at radius 3 is 3.18 bits per heavy atom. The van der Waals surface area contributed by atoms with Gasteiger partial charge in [-0.1, -0.05) is 25.1 Å². The van der Waals surface area contributed by atoms with Crippen LogP contribution in [-0.4, -0.2) is 28.1 Å². The van der Waals surface area contributed by atoms with Crippen molar-refractivity contribution in [3.8, 4) is 5.75 Å². The van der Waals surface area contributed by atoms with Crippen LogP contribution in [0.1, 0.15) is 24.7 Å². The summed E-state index contributed by atoms with van der Waals surface area (Å²) in [6.45, 7) is 3.27. The molecular formula is C17H21N3O2. The number of carbonyl (C=O) groups excluding carboxylic acids is 1. The Hall–Kier alpha value is -2.30. The summed E-state index contributed by atoms with van der Waals surface area (Å²) >= 11 is 0. The van der Waals surface area contributed by atoms with Crippen LogP contribution in [0.15, 0.2) is 36.7 Å². The van der Waals surface area contributed by atoms with E-state index in [4.69, 9.17) is 4.74 Å². The van der Waals surface area contributed by atoms with E-state index in [1.165, 1.54) is 0 Å². The van der Waals surface area contributed by atoms with Gasteiger partial charge in [-0.15, -0.1) is 0 Å². The summed E-state index contributed by atoms with van der Waals surface area (Å²) in [6, 6.07) is 8.04. The highest BCUT2D eigenvalue weighted by atomic mass is 16.5. The first kappa shape index (κ1) is 14.6. The van der Waals surface area contributed by atoms with Crippen LogP contribution in [0.25, 0.3) is 0 Å². The molecule has 2 aromatic rings. The molecule has 116 valence electrons. The fourth-order valence-electron chi connectivity index (χ4n) is 2.80. The quantitative estimate of drug-likeness (QED) is 0.918. The van der Waals surface area contributed by atoms with Crippen LogP contribution in [0.2, 0.25) is 0 Å². The van der Waals surface area contributed by atoms with Crippen molar-refractivity contribution in [2.45, 2.75) is 38.8 Å². The number of amides is 1. The van der Waals surface area contributed by atoms with Crippen LogP contribution < -0.4 is 10.1 Å². The van der Waals surface area contributed by atoms with Crippen molar-refractivity contribution in [1.82, 2.24) is 14.9 Å². The molecule has 0 fully saturated rings. The molecule has 5 nitrogen and oxygen atoms in total. The molecule has 0 radical (unpaired) electrons. The Bertz CT molecular complexity index is 651. The second-order valence-corrected chi connectivity index (χ2v) is 5.53. The van der Waals surface area contributed by atoms with Crippen LogP contribution in [0, 0.1) is 0 Å². The van der Waals surface area contributed by atoms with E-state index in [9.17, 15) is 4.79 Å². The van der Waals surface area contributed by atoms with Gasteiger partial charge in [0.05, 0.1) is 6.04 Å². The standard InChI is InChI=1S/C17H21N3O2/c1-2-16-18-8-10-20(16)9-7-17(21)19-14-11-13-5-3-4-6-15(13)22-12-14/h3-6,8,10,14H,2,7,9,11-12H2,1H3,(H,19,21). The van der Waals surface area contributed by atoms with E-state index in [1.807, 2.05) is 35.0 Å². The minimum atomic E-state index is 0.0517. The molecular weight excluding hydrogens is 278 g/mol. The molecule has 1 aliphatic rings. The predicted octanol–water partition coefficient (Wildman–Crippen LogP) is 1.96. The number of hydrogen-bond acceptors (Lipinski definition) is 3. The minimum absolute atomic E-state index is 0.0517. The molecule has 1 aromatic carbocycles. The van der Waals surface area contributed by atoms with Gasteiger partial charge in [0.15, 0.2) is 0 Å². The first-order valence-electron chi connectivity index (χ1n) is 7.76. The summed E-state index contributed by atoms with van der Waals surface area (Å²) in [6.07, 6.45) is 5.87. The molecule has 1 unspecified atom stereocenters. The third-order valence-electron chi connectivity index (χ3n) is 3.94. The van der Waals surface area contributed by atoms with Gasteiger partial charge >= 0.3 is 0 Å². The molecule has 3 rings (SSSR count). The van der Waals surface area contributed by atoms with E-state index in [-0.39, 0.29) is 11.9 Å². The van der Waals surface area contributed by atoms with Crippen molar-refractivity contribution >= 4 is 5.91 Å². The normalized spacial score (nSPS) is 16.7. The molecule has 1 aromatic heterocycles. The summed E-state index contributed by atoms with van der Waals surface area (Å²) in [4.78, 5) is 16.4. The summed E-state index contributed by atoms with van der Waals surface area (Å²) in [5, 5.41) is 3.06. The number of nitrogens with zero attached hydrogens (tertiary/aromatic N) is 2. The zero-order valence-electron chi connectivity index (χ0n) is 12.8. The molecule has 1 atom stereocenters. The van der Waals surface area contributed by atoms with Crippen molar-refractivity contribution in [2.24, 2.45) is 0 Å². The van der Waals surface area contributed by atoms with Gasteiger partial charge in [-0.05, 0) is 18.1 Å². The van der Waals surface area contributed by atoms with Gasteiger partial charge in [-0.2, -0.15) is 0 Å². The molecule has 22 heavy (non-hydrogen) atoms. The largest absolute Gasteiger partial charge is 0.491 e. The van der Waals surface area contributed by atoms with Gasteiger partial charge < -0.3 is 14.6 Å². The van der Waals surface area contributed by atoms with Crippen molar-refractivity contribution in [2.75, 3.05) is 6.61 Å². The van der Waals surface area contributed by atoms with Gasteiger partial charge in [-0.25, -0.2) is 4.98 Å². The second kappa shape index (κ2) is 6.64. The highest BCUT2D eigenvalue weighted by molar-refractivity contribution is 5.76. The molecule has 1 aliphatic heterocycles. The molecule has 1 N–H and O–H groups in total. The van der Waals surface area contributed by atoms with Crippen molar-refractivity contribution in [3.63, 3.8) is 0 Å². The number of ether oxygens (including phenoxy) is 1. The SMILES string of the molecule is CCc1nccn1CCC(=O)NC1COc2ccccc2C1. The molecule has 2 heterocycles. The van der Waals surface area contributed by atoms with E-state index in [0.717, 1.165) is 30.0 Å². The second-order valence-electron chi connectivity index (χ2n) is 5.53. The van der Waals surface area contributed by atoms with Gasteiger partial charge in [-0.3, -0.25) is 4.79 Å². The maximum Gasteiger partial charge on any atom is 0.222 e. The van der Waals surface area contributed by atoms with Gasteiger partial charge in [0, 0.05) is 31.8 Å². The van der Waals surface area contributed by atoms with Crippen molar-refractivity contribution in [3.05, 3.63) is 48.0 Å². The van der Waals surface area contributed by atoms with Crippen LogP contribution in [0.5, 0.6) is 5.75 Å². The van der Waals surface area contributed by atoms with Crippen LogP contribution in [0.4, 0.5) is 0 Å². The topological polar surface area (TPSA) is 56.2 Å². The highest BCUT2D eigenvalue weighted by Gasteiger charge is 2.20. The lowest BCUT2D eigenvalue weighted by atomic mass is 10.0. The van der Waals surface area contributed by atoms with E-state index < -0.39 is 0 Å². The Kier molecular flexibility index (Phi) is 4.42. The fourth-order valence-corrected chi connectivity index (χ4v) is 2.80. The monoisotopic (exact) mass is 299 g/mol. The Labute approximate surface area is 130 Å². The van der Waals surface area contributed by atoms with Crippen LogP contribution >= 0.6 is 0 Å². The molecule has 0 aliphatic carbocycles. The molecule has 0 bridgehead atoms. The van der Waals surface area contributed by atoms with E-state index in [1.54, 1.807) is 6.20 Å². The van der Waals surface area contributed by atoms with E-state index in [2.05, 4.69) is 17.2 Å². The van der Waals surface area contributed by atoms with Crippen LogP contribution in [0.3, 0.4) is 0 Å². The lowest BCUT2D eigenvalue weighted by molar-refractivity contribution is -0.122. The number of para-hydroxylation sites is 1. The van der Waals surface area contributed by atoms with Crippen molar-refractivity contribution < 1.29 is 9.53 Å². The number of imidazole rings is 1. The average molecular weight is 299 g/mol. The number of aromatic nitrogens is 2. The molecule has 0 spiro atoms. The highest BCUT2D eigenvalue weighted by Crippen LogP contribution is 2.23. The Morgan fingerprint density at radius 1 is 1.45 bits per heavy atom. The third-order valence-corrected chi connectivity index (χ3v) is 3.94. The smallest absolute Gasteiger partial charge is 0.222 e. The Balaban J connectivity index is 1.51. The van der Waals surface area contributed by atoms with Gasteiger partial charge in [0.2, 0.25) is 5.91 Å². The van der Waals surface area contributed by atoms with Gasteiger partial charge in [0.1, 0.15) is 18.2 Å². The van der Waals surface area contributed by atoms with E-state index in [0.29, 0.717) is 19.6 Å². The summed E-state index contributed by atoms with van der Waals surface area (Å²) in [5.74, 6) is 2.01. The number of hydrogen-bond donors (Lipinski definition) is 1. The first-order chi connectivity index (χ1) is 10.8. The molecule has 0 saturated heterocycles. The summed E-state index contributed by atoms with van der Waals surface area (Å²) < 4.78 is 7.73. The van der Waals surface area contributed by atoms with Gasteiger partial charge in [0.25, 0.3) is 0 Å². The lowest BCUT2D eigenvalue weighted by Gasteiger charge is -2.26.